The molecule has 0 saturated heterocycles. The van der Waals surface area contributed by atoms with E-state index in [0.29, 0.717) is 6.42 Å². The zero-order valence-corrected chi connectivity index (χ0v) is 17.3. The van der Waals surface area contributed by atoms with Crippen molar-refractivity contribution in [1.29, 1.82) is 0 Å². The van der Waals surface area contributed by atoms with Crippen LogP contribution in [0.5, 0.6) is 0 Å². The molecule has 4 aromatic rings. The first-order valence-electron chi connectivity index (χ1n) is 9.92. The van der Waals surface area contributed by atoms with Gasteiger partial charge in [-0.25, -0.2) is 0 Å². The highest BCUT2D eigenvalue weighted by Crippen LogP contribution is 2.33. The first-order chi connectivity index (χ1) is 13.9. The number of carbonyl (C=O) groups is 2. The lowest BCUT2D eigenvalue weighted by atomic mass is 9.85. The molecule has 0 spiro atoms. The van der Waals surface area contributed by atoms with Crippen LogP contribution in [0.15, 0.2) is 60.7 Å². The Morgan fingerprint density at radius 2 is 1.03 bits per heavy atom. The molecule has 0 radical (unpaired) electrons. The summed E-state index contributed by atoms with van der Waals surface area (Å²) in [6, 6.07) is 20.4. The van der Waals surface area contributed by atoms with E-state index in [1.807, 2.05) is 50.2 Å². The SMILES string of the molecule is CC(=O)c1cc2ccccc2c(Cc2c(C)c(C(C)=O)cc3ccccc23)c1C. The predicted octanol–water partition coefficient (Wildman–Crippen LogP) is 6.61. The number of hydrogen-bond acceptors (Lipinski definition) is 2. The minimum atomic E-state index is 0.0774. The molecule has 0 fully saturated rings. The zero-order valence-electron chi connectivity index (χ0n) is 17.3. The van der Waals surface area contributed by atoms with Gasteiger partial charge in [0.1, 0.15) is 0 Å². The summed E-state index contributed by atoms with van der Waals surface area (Å²) in [5.41, 5.74) is 5.89. The van der Waals surface area contributed by atoms with Gasteiger partial charge >= 0.3 is 0 Å². The summed E-state index contributed by atoms with van der Waals surface area (Å²) in [5, 5.41) is 4.46. The van der Waals surface area contributed by atoms with E-state index >= 15 is 0 Å². The average molecular weight is 380 g/mol. The topological polar surface area (TPSA) is 34.1 Å². The molecule has 0 aromatic heterocycles. The number of benzene rings is 4. The molecule has 0 heterocycles. The van der Waals surface area contributed by atoms with Crippen LogP contribution in [0.1, 0.15) is 56.8 Å². The van der Waals surface area contributed by atoms with Crippen molar-refractivity contribution in [2.24, 2.45) is 0 Å². The molecule has 0 aliphatic rings. The molecule has 4 rings (SSSR count). The van der Waals surface area contributed by atoms with Crippen molar-refractivity contribution in [1.82, 2.24) is 0 Å². The van der Waals surface area contributed by atoms with E-state index < -0.39 is 0 Å². The van der Waals surface area contributed by atoms with E-state index in [1.165, 1.54) is 0 Å². The van der Waals surface area contributed by atoms with Crippen molar-refractivity contribution in [3.05, 3.63) is 94.0 Å². The quantitative estimate of drug-likeness (QED) is 0.374. The van der Waals surface area contributed by atoms with Crippen LogP contribution < -0.4 is 0 Å². The summed E-state index contributed by atoms with van der Waals surface area (Å²) in [5.74, 6) is 0.155. The van der Waals surface area contributed by atoms with Gasteiger partial charge in [0.15, 0.2) is 11.6 Å². The normalized spacial score (nSPS) is 11.2. The van der Waals surface area contributed by atoms with Crippen LogP contribution in [-0.4, -0.2) is 11.6 Å². The Morgan fingerprint density at radius 1 is 0.655 bits per heavy atom. The van der Waals surface area contributed by atoms with Gasteiger partial charge in [-0.15, -0.1) is 0 Å². The summed E-state index contributed by atoms with van der Waals surface area (Å²) in [7, 11) is 0. The maximum atomic E-state index is 12.3. The number of Topliss-reactive ketones (excluding diaryl/α,β-unsaturated/α-hetero) is 2. The van der Waals surface area contributed by atoms with Gasteiger partial charge in [-0.3, -0.25) is 9.59 Å². The number of fused-ring (bicyclic) bond motifs is 2. The molecule has 29 heavy (non-hydrogen) atoms. The number of ketones is 2. The molecule has 144 valence electrons. The lowest BCUT2D eigenvalue weighted by molar-refractivity contribution is 0.100. The fraction of sp³-hybridized carbons (Fsp3) is 0.185. The zero-order chi connectivity index (χ0) is 20.7. The van der Waals surface area contributed by atoms with Crippen molar-refractivity contribution >= 4 is 33.1 Å². The highest BCUT2D eigenvalue weighted by molar-refractivity contribution is 6.03. The fourth-order valence-electron chi connectivity index (χ4n) is 4.42. The number of hydrogen-bond donors (Lipinski definition) is 0. The van der Waals surface area contributed by atoms with Crippen molar-refractivity contribution in [3.8, 4) is 0 Å². The summed E-state index contributed by atoms with van der Waals surface area (Å²) in [6.07, 6.45) is 0.681. The van der Waals surface area contributed by atoms with Crippen LogP contribution in [0, 0.1) is 13.8 Å². The van der Waals surface area contributed by atoms with Crippen molar-refractivity contribution in [2.75, 3.05) is 0 Å². The standard InChI is InChI=1S/C27H24O2/c1-16-24(18(3)28)13-20-9-5-7-11-22(20)26(16)15-27-17(2)25(19(4)29)14-21-10-6-8-12-23(21)27/h5-14H,15H2,1-4H3. The van der Waals surface area contributed by atoms with Crippen molar-refractivity contribution in [3.63, 3.8) is 0 Å². The lowest BCUT2D eigenvalue weighted by Crippen LogP contribution is -2.06. The second-order valence-corrected chi connectivity index (χ2v) is 7.79. The Labute approximate surface area is 171 Å². The second kappa shape index (κ2) is 7.29. The fourth-order valence-corrected chi connectivity index (χ4v) is 4.42. The van der Waals surface area contributed by atoms with E-state index in [4.69, 9.17) is 0 Å². The molecule has 2 nitrogen and oxygen atoms in total. The predicted molar refractivity (Wildman–Crippen MR) is 120 cm³/mol. The minimum absolute atomic E-state index is 0.0774. The molecule has 0 bridgehead atoms. The third-order valence-corrected chi connectivity index (χ3v) is 6.00. The van der Waals surface area contributed by atoms with Gasteiger partial charge in [0.2, 0.25) is 0 Å². The molecule has 0 atom stereocenters. The van der Waals surface area contributed by atoms with Crippen LogP contribution in [0.3, 0.4) is 0 Å². The van der Waals surface area contributed by atoms with Gasteiger partial charge in [-0.2, -0.15) is 0 Å². The number of carbonyl (C=O) groups excluding carboxylic acids is 2. The minimum Gasteiger partial charge on any atom is -0.295 e. The molecule has 2 heteroatoms. The van der Waals surface area contributed by atoms with Crippen LogP contribution >= 0.6 is 0 Å². The first kappa shape index (κ1) is 19.1. The largest absolute Gasteiger partial charge is 0.295 e. The first-order valence-corrected chi connectivity index (χ1v) is 9.92. The molecule has 0 saturated carbocycles. The smallest absolute Gasteiger partial charge is 0.160 e. The Bertz CT molecular complexity index is 1190. The summed E-state index contributed by atoms with van der Waals surface area (Å²) >= 11 is 0. The maximum absolute atomic E-state index is 12.3. The van der Waals surface area contributed by atoms with Gasteiger partial charge in [0.25, 0.3) is 0 Å². The Kier molecular flexibility index (Phi) is 4.79. The van der Waals surface area contributed by atoms with Gasteiger partial charge in [-0.1, -0.05) is 48.5 Å². The molecular weight excluding hydrogens is 356 g/mol. The maximum Gasteiger partial charge on any atom is 0.160 e. The van der Waals surface area contributed by atoms with Crippen LogP contribution in [-0.2, 0) is 6.42 Å². The molecule has 0 unspecified atom stereocenters. The molecule has 0 N–H and O–H groups in total. The molecule has 0 amide bonds. The molecule has 4 aromatic carbocycles. The Morgan fingerprint density at radius 3 is 1.41 bits per heavy atom. The van der Waals surface area contributed by atoms with Gasteiger partial charge in [0, 0.05) is 11.1 Å². The third kappa shape index (κ3) is 3.25. The van der Waals surface area contributed by atoms with E-state index in [2.05, 4.69) is 24.3 Å². The monoisotopic (exact) mass is 380 g/mol. The summed E-state index contributed by atoms with van der Waals surface area (Å²) in [4.78, 5) is 24.6. The Hall–Kier alpha value is -3.26. The van der Waals surface area contributed by atoms with Gasteiger partial charge in [0.05, 0.1) is 0 Å². The molecular formula is C27H24O2. The van der Waals surface area contributed by atoms with Crippen LogP contribution in [0.2, 0.25) is 0 Å². The lowest BCUT2D eigenvalue weighted by Gasteiger charge is -2.18. The summed E-state index contributed by atoms with van der Waals surface area (Å²) in [6.45, 7) is 7.31. The highest BCUT2D eigenvalue weighted by Gasteiger charge is 2.18. The Balaban J connectivity index is 2.05. The van der Waals surface area contributed by atoms with Gasteiger partial charge in [-0.05, 0) is 90.0 Å². The highest BCUT2D eigenvalue weighted by atomic mass is 16.1. The van der Waals surface area contributed by atoms with Crippen molar-refractivity contribution in [2.45, 2.75) is 34.1 Å². The van der Waals surface area contributed by atoms with Crippen LogP contribution in [0.25, 0.3) is 21.5 Å². The summed E-state index contributed by atoms with van der Waals surface area (Å²) < 4.78 is 0. The van der Waals surface area contributed by atoms with Gasteiger partial charge < -0.3 is 0 Å². The average Bonchev–Trinajstić information content (AvgIpc) is 2.70. The van der Waals surface area contributed by atoms with E-state index in [-0.39, 0.29) is 11.6 Å². The molecule has 0 aliphatic heterocycles. The second-order valence-electron chi connectivity index (χ2n) is 7.79. The van der Waals surface area contributed by atoms with E-state index in [1.54, 1.807) is 13.8 Å². The van der Waals surface area contributed by atoms with Crippen LogP contribution in [0.4, 0.5) is 0 Å². The van der Waals surface area contributed by atoms with E-state index in [0.717, 1.165) is 54.9 Å². The third-order valence-electron chi connectivity index (χ3n) is 6.00. The number of rotatable bonds is 4. The van der Waals surface area contributed by atoms with E-state index in [9.17, 15) is 9.59 Å². The molecule has 0 aliphatic carbocycles. The van der Waals surface area contributed by atoms with Crippen molar-refractivity contribution < 1.29 is 9.59 Å².